The topological polar surface area (TPSA) is 80.2 Å². The molecule has 0 saturated carbocycles. The lowest BCUT2D eigenvalue weighted by Crippen LogP contribution is -2.45. The third kappa shape index (κ3) is 6.22. The maximum absolute atomic E-state index is 6.29. The molecule has 32 heavy (non-hydrogen) atoms. The number of halogens is 2. The molecule has 1 fully saturated rings. The van der Waals surface area contributed by atoms with Gasteiger partial charge in [-0.3, -0.25) is 4.99 Å². The molecule has 0 aliphatic carbocycles. The van der Waals surface area contributed by atoms with Gasteiger partial charge in [-0.05, 0) is 31.0 Å². The van der Waals surface area contributed by atoms with Crippen molar-refractivity contribution in [2.75, 3.05) is 52.9 Å². The van der Waals surface area contributed by atoms with Gasteiger partial charge >= 0.3 is 0 Å². The van der Waals surface area contributed by atoms with Gasteiger partial charge in [0.1, 0.15) is 5.82 Å². The summed E-state index contributed by atoms with van der Waals surface area (Å²) in [6, 6.07) is 7.85. The van der Waals surface area contributed by atoms with E-state index in [-0.39, 0.29) is 30.0 Å². The molecule has 1 saturated heterocycles. The highest BCUT2D eigenvalue weighted by atomic mass is 127. The summed E-state index contributed by atoms with van der Waals surface area (Å²) < 4.78 is 16.4. The van der Waals surface area contributed by atoms with Gasteiger partial charge in [-0.25, -0.2) is 4.98 Å². The first-order chi connectivity index (χ1) is 15.1. The molecule has 10 heteroatoms. The van der Waals surface area contributed by atoms with Crippen molar-refractivity contribution in [1.82, 2.24) is 15.6 Å². The van der Waals surface area contributed by atoms with Crippen LogP contribution in [0, 0.1) is 0 Å². The van der Waals surface area contributed by atoms with Gasteiger partial charge in [-0.15, -0.1) is 24.0 Å². The Morgan fingerprint density at radius 1 is 1.19 bits per heavy atom. The summed E-state index contributed by atoms with van der Waals surface area (Å²) in [6.07, 6.45) is 3.49. The molecule has 2 N–H and O–H groups in total. The molecule has 0 spiro atoms. The number of ether oxygens (including phenoxy) is 3. The van der Waals surface area contributed by atoms with Crippen LogP contribution < -0.4 is 29.7 Å². The fraction of sp³-hybridized carbons (Fsp3) is 0.455. The Hall–Kier alpha value is -2.14. The normalized spacial score (nSPS) is 15.7. The first kappa shape index (κ1) is 26.1. The average Bonchev–Trinajstić information content (AvgIpc) is 3.26. The van der Waals surface area contributed by atoms with Gasteiger partial charge in [0, 0.05) is 44.5 Å². The van der Waals surface area contributed by atoms with Crippen LogP contribution in [0.1, 0.15) is 12.0 Å². The van der Waals surface area contributed by atoms with Crippen molar-refractivity contribution in [1.29, 1.82) is 0 Å². The van der Waals surface area contributed by atoms with Crippen molar-refractivity contribution in [3.8, 4) is 17.2 Å². The Morgan fingerprint density at radius 2 is 1.97 bits per heavy atom. The van der Waals surface area contributed by atoms with Gasteiger partial charge in [0.2, 0.25) is 5.75 Å². The molecule has 1 aliphatic rings. The van der Waals surface area contributed by atoms with Gasteiger partial charge in [0.05, 0.1) is 26.4 Å². The van der Waals surface area contributed by atoms with E-state index in [0.717, 1.165) is 43.3 Å². The first-order valence-corrected chi connectivity index (χ1v) is 10.6. The van der Waals surface area contributed by atoms with Crippen molar-refractivity contribution in [3.05, 3.63) is 41.0 Å². The van der Waals surface area contributed by atoms with Gasteiger partial charge in [-0.1, -0.05) is 17.7 Å². The van der Waals surface area contributed by atoms with Gasteiger partial charge < -0.3 is 29.7 Å². The Labute approximate surface area is 211 Å². The van der Waals surface area contributed by atoms with Crippen LogP contribution in [0.4, 0.5) is 5.82 Å². The number of nitrogens with zero attached hydrogens (tertiary/aromatic N) is 3. The number of hydrogen-bond donors (Lipinski definition) is 2. The molecular weight excluding hydrogens is 545 g/mol. The van der Waals surface area contributed by atoms with Crippen molar-refractivity contribution >= 4 is 47.4 Å². The fourth-order valence-electron chi connectivity index (χ4n) is 3.74. The number of hydrogen-bond acceptors (Lipinski definition) is 6. The van der Waals surface area contributed by atoms with Gasteiger partial charge in [0.25, 0.3) is 0 Å². The van der Waals surface area contributed by atoms with Crippen LogP contribution in [-0.2, 0) is 6.42 Å². The maximum atomic E-state index is 6.29. The van der Waals surface area contributed by atoms with Crippen LogP contribution in [0.5, 0.6) is 17.2 Å². The third-order valence-corrected chi connectivity index (χ3v) is 5.56. The van der Waals surface area contributed by atoms with Crippen LogP contribution in [-0.4, -0.2) is 65.0 Å². The number of guanidine groups is 1. The quantitative estimate of drug-likeness (QED) is 0.284. The number of aromatic nitrogens is 1. The van der Waals surface area contributed by atoms with E-state index in [9.17, 15) is 0 Å². The molecule has 1 aliphatic heterocycles. The average molecular weight is 576 g/mol. The second-order valence-electron chi connectivity index (χ2n) is 7.13. The molecule has 3 rings (SSSR count). The summed E-state index contributed by atoms with van der Waals surface area (Å²) in [6.45, 7) is 2.41. The largest absolute Gasteiger partial charge is 0.493 e. The van der Waals surface area contributed by atoms with E-state index >= 15 is 0 Å². The van der Waals surface area contributed by atoms with E-state index in [1.165, 1.54) is 0 Å². The minimum absolute atomic E-state index is 0. The monoisotopic (exact) mass is 575 g/mol. The molecule has 2 heterocycles. The Bertz CT molecular complexity index is 915. The van der Waals surface area contributed by atoms with Crippen LogP contribution >= 0.6 is 35.6 Å². The van der Waals surface area contributed by atoms with Crippen LogP contribution in [0.15, 0.2) is 35.5 Å². The summed E-state index contributed by atoms with van der Waals surface area (Å²) >= 11 is 6.29. The van der Waals surface area contributed by atoms with E-state index in [4.69, 9.17) is 25.8 Å². The first-order valence-electron chi connectivity index (χ1n) is 10.2. The zero-order valence-corrected chi connectivity index (χ0v) is 21.9. The zero-order valence-electron chi connectivity index (χ0n) is 18.9. The summed E-state index contributed by atoms with van der Waals surface area (Å²) in [5.41, 5.74) is 1.03. The fourth-order valence-corrected chi connectivity index (χ4v) is 3.99. The number of benzene rings is 1. The molecule has 0 bridgehead atoms. The lowest BCUT2D eigenvalue weighted by atomic mass is 10.1. The highest BCUT2D eigenvalue weighted by Crippen LogP contribution is 2.39. The molecule has 1 aromatic carbocycles. The van der Waals surface area contributed by atoms with E-state index in [1.807, 2.05) is 24.3 Å². The van der Waals surface area contributed by atoms with Gasteiger partial charge in [0.15, 0.2) is 17.5 Å². The van der Waals surface area contributed by atoms with Crippen molar-refractivity contribution < 1.29 is 14.2 Å². The summed E-state index contributed by atoms with van der Waals surface area (Å²) in [7, 11) is 6.63. The summed E-state index contributed by atoms with van der Waals surface area (Å²) in [5, 5.41) is 7.55. The Morgan fingerprint density at radius 3 is 2.62 bits per heavy atom. The molecule has 0 amide bonds. The smallest absolute Gasteiger partial charge is 0.203 e. The molecular formula is C22H31ClIN5O3. The van der Waals surface area contributed by atoms with Crippen molar-refractivity contribution in [2.45, 2.75) is 18.9 Å². The summed E-state index contributed by atoms with van der Waals surface area (Å²) in [5.74, 6) is 3.53. The predicted molar refractivity (Wildman–Crippen MR) is 140 cm³/mol. The van der Waals surface area contributed by atoms with Crippen LogP contribution in [0.2, 0.25) is 5.02 Å². The van der Waals surface area contributed by atoms with E-state index in [2.05, 4.69) is 25.5 Å². The molecule has 0 radical (unpaired) electrons. The number of nitrogens with one attached hydrogen (secondary N) is 2. The molecule has 2 aromatic rings. The van der Waals surface area contributed by atoms with Crippen molar-refractivity contribution in [3.63, 3.8) is 0 Å². The molecule has 176 valence electrons. The second kappa shape index (κ2) is 12.8. The Kier molecular flexibility index (Phi) is 10.4. The molecule has 1 aromatic heterocycles. The minimum atomic E-state index is 0. The van der Waals surface area contributed by atoms with E-state index < -0.39 is 0 Å². The second-order valence-corrected chi connectivity index (χ2v) is 7.53. The lowest BCUT2D eigenvalue weighted by molar-refractivity contribution is 0.322. The molecule has 8 nitrogen and oxygen atoms in total. The highest BCUT2D eigenvalue weighted by molar-refractivity contribution is 14.0. The van der Waals surface area contributed by atoms with E-state index in [0.29, 0.717) is 28.8 Å². The van der Waals surface area contributed by atoms with Crippen LogP contribution in [0.3, 0.4) is 0 Å². The minimum Gasteiger partial charge on any atom is -0.493 e. The molecule has 1 atom stereocenters. The SMILES string of the molecule is CN=C(NCCc1ccc(OC)c(OC)c1OC)NC1CCN(c2ncccc2Cl)C1.I. The number of aliphatic imine (C=N–C) groups is 1. The van der Waals surface area contributed by atoms with Gasteiger partial charge in [-0.2, -0.15) is 0 Å². The number of methoxy groups -OCH3 is 3. The predicted octanol–water partition coefficient (Wildman–Crippen LogP) is 3.37. The third-order valence-electron chi connectivity index (χ3n) is 5.26. The zero-order chi connectivity index (χ0) is 22.2. The molecule has 1 unspecified atom stereocenters. The standard InChI is InChI=1S/C22H30ClN5O3.HI/c1-24-22(27-16-10-13-28(14-16)21-17(23)6-5-11-25-21)26-12-9-15-7-8-18(29-2)20(31-4)19(15)30-3;/h5-8,11,16H,9-10,12-14H2,1-4H3,(H2,24,26,27);1H. The number of pyridine rings is 1. The number of rotatable bonds is 8. The van der Waals surface area contributed by atoms with E-state index in [1.54, 1.807) is 34.6 Å². The highest BCUT2D eigenvalue weighted by Gasteiger charge is 2.25. The van der Waals surface area contributed by atoms with Crippen LogP contribution in [0.25, 0.3) is 0 Å². The van der Waals surface area contributed by atoms with Crippen molar-refractivity contribution in [2.24, 2.45) is 4.99 Å². The maximum Gasteiger partial charge on any atom is 0.203 e. The number of anilines is 1. The summed E-state index contributed by atoms with van der Waals surface area (Å²) in [4.78, 5) is 11.0. The lowest BCUT2D eigenvalue weighted by Gasteiger charge is -2.20. The Balaban J connectivity index is 0.00000363.